The molecule has 0 fully saturated rings. The highest BCUT2D eigenvalue weighted by atomic mass is 35.5. The zero-order chi connectivity index (χ0) is 26.3. The number of halogens is 1. The van der Waals surface area contributed by atoms with Crippen LogP contribution in [0.4, 0.5) is 5.69 Å². The SMILES string of the molecule is CCOc1ccccc1N(CC(=O)N(C)Cc1ccc(OC)c(OC)c1)S(=O)(=O)c1ccc(Cl)cc1. The minimum absolute atomic E-state index is 0.00791. The fourth-order valence-corrected chi connectivity index (χ4v) is 5.11. The van der Waals surface area contributed by atoms with E-state index >= 15 is 0 Å². The molecule has 8 nitrogen and oxygen atoms in total. The van der Waals surface area contributed by atoms with E-state index in [0.29, 0.717) is 28.9 Å². The predicted molar refractivity (Wildman–Crippen MR) is 140 cm³/mol. The van der Waals surface area contributed by atoms with E-state index in [-0.39, 0.29) is 17.1 Å². The van der Waals surface area contributed by atoms with Gasteiger partial charge in [0.25, 0.3) is 10.0 Å². The molecule has 192 valence electrons. The number of hydrogen-bond donors (Lipinski definition) is 0. The highest BCUT2D eigenvalue weighted by molar-refractivity contribution is 7.92. The minimum atomic E-state index is -4.12. The van der Waals surface area contributed by atoms with Crippen LogP contribution in [0.3, 0.4) is 0 Å². The third-order valence-electron chi connectivity index (χ3n) is 5.41. The number of rotatable bonds is 11. The minimum Gasteiger partial charge on any atom is -0.493 e. The molecular formula is C26H29ClN2O6S. The van der Waals surface area contributed by atoms with Gasteiger partial charge < -0.3 is 19.1 Å². The lowest BCUT2D eigenvalue weighted by atomic mass is 10.2. The van der Waals surface area contributed by atoms with Crippen LogP contribution in [0, 0.1) is 0 Å². The van der Waals surface area contributed by atoms with Crippen molar-refractivity contribution in [3.8, 4) is 17.2 Å². The molecule has 0 N–H and O–H groups in total. The van der Waals surface area contributed by atoms with Crippen LogP contribution < -0.4 is 18.5 Å². The molecule has 0 spiro atoms. The molecule has 3 aromatic rings. The van der Waals surface area contributed by atoms with E-state index in [9.17, 15) is 13.2 Å². The second kappa shape index (κ2) is 12.0. The number of sulfonamides is 1. The zero-order valence-corrected chi connectivity index (χ0v) is 22.2. The Morgan fingerprint density at radius 3 is 2.22 bits per heavy atom. The maximum absolute atomic E-state index is 13.7. The Hall–Kier alpha value is -3.43. The molecule has 0 aliphatic carbocycles. The molecule has 10 heteroatoms. The Morgan fingerprint density at radius 2 is 1.58 bits per heavy atom. The lowest BCUT2D eigenvalue weighted by Gasteiger charge is -2.28. The number of hydrogen-bond acceptors (Lipinski definition) is 6. The standard InChI is InChI=1S/C26H29ClN2O6S/c1-5-35-23-9-7-6-8-22(23)29(36(31,32)21-13-11-20(27)12-14-21)18-26(30)28(2)17-19-10-15-24(33-3)25(16-19)34-4/h6-16H,5,17-18H2,1-4H3. The van der Waals surface area contributed by atoms with Gasteiger partial charge in [-0.1, -0.05) is 29.8 Å². The number of carbonyl (C=O) groups is 1. The molecule has 36 heavy (non-hydrogen) atoms. The maximum atomic E-state index is 13.7. The summed E-state index contributed by atoms with van der Waals surface area (Å²) in [6, 6.07) is 17.9. The number of amides is 1. The molecule has 0 bridgehead atoms. The van der Waals surface area contributed by atoms with Crippen LogP contribution in [0.15, 0.2) is 71.6 Å². The smallest absolute Gasteiger partial charge is 0.264 e. The summed E-state index contributed by atoms with van der Waals surface area (Å²) < 4.78 is 44.7. The van der Waals surface area contributed by atoms with E-state index in [1.807, 2.05) is 6.07 Å². The van der Waals surface area contributed by atoms with Crippen molar-refractivity contribution in [3.63, 3.8) is 0 Å². The summed E-state index contributed by atoms with van der Waals surface area (Å²) >= 11 is 5.96. The third-order valence-corrected chi connectivity index (χ3v) is 7.43. The number of carbonyl (C=O) groups excluding carboxylic acids is 1. The molecular weight excluding hydrogens is 504 g/mol. The van der Waals surface area contributed by atoms with Crippen molar-refractivity contribution in [1.82, 2.24) is 4.90 Å². The van der Waals surface area contributed by atoms with Gasteiger partial charge in [-0.25, -0.2) is 8.42 Å². The number of nitrogens with zero attached hydrogens (tertiary/aromatic N) is 2. The Balaban J connectivity index is 1.94. The topological polar surface area (TPSA) is 85.4 Å². The van der Waals surface area contributed by atoms with E-state index in [1.54, 1.807) is 57.5 Å². The van der Waals surface area contributed by atoms with Gasteiger partial charge >= 0.3 is 0 Å². The van der Waals surface area contributed by atoms with E-state index in [4.69, 9.17) is 25.8 Å². The molecule has 0 unspecified atom stereocenters. The summed E-state index contributed by atoms with van der Waals surface area (Å²) in [4.78, 5) is 14.8. The van der Waals surface area contributed by atoms with Gasteiger partial charge in [0.2, 0.25) is 5.91 Å². The summed E-state index contributed by atoms with van der Waals surface area (Å²) in [6.07, 6.45) is 0. The first-order chi connectivity index (χ1) is 17.2. The summed E-state index contributed by atoms with van der Waals surface area (Å²) in [5, 5.41) is 0.404. The van der Waals surface area contributed by atoms with Crippen molar-refractivity contribution >= 4 is 33.2 Å². The molecule has 0 heterocycles. The predicted octanol–water partition coefficient (Wildman–Crippen LogP) is 4.61. The maximum Gasteiger partial charge on any atom is 0.264 e. The van der Waals surface area contributed by atoms with Crippen molar-refractivity contribution in [2.45, 2.75) is 18.4 Å². The Labute approximate surface area is 217 Å². The summed E-state index contributed by atoms with van der Waals surface area (Å²) in [5.41, 5.74) is 1.06. The van der Waals surface area contributed by atoms with Crippen molar-refractivity contribution in [1.29, 1.82) is 0 Å². The first kappa shape index (κ1) is 27.2. The normalized spacial score (nSPS) is 11.0. The van der Waals surface area contributed by atoms with Crippen LogP contribution in [0.25, 0.3) is 0 Å². The monoisotopic (exact) mass is 532 g/mol. The van der Waals surface area contributed by atoms with Gasteiger partial charge in [-0.05, 0) is 61.0 Å². The molecule has 0 aromatic heterocycles. The van der Waals surface area contributed by atoms with E-state index in [2.05, 4.69) is 0 Å². The molecule has 0 saturated carbocycles. The number of para-hydroxylation sites is 2. The Bertz CT molecular complexity index is 1300. The fourth-order valence-electron chi connectivity index (χ4n) is 3.56. The first-order valence-electron chi connectivity index (χ1n) is 11.2. The summed E-state index contributed by atoms with van der Waals surface area (Å²) in [7, 11) is 0.568. The summed E-state index contributed by atoms with van der Waals surface area (Å²) in [6.45, 7) is 1.94. The molecule has 0 aliphatic heterocycles. The van der Waals surface area contributed by atoms with Crippen LogP contribution in [-0.4, -0.2) is 53.6 Å². The quantitative estimate of drug-likeness (QED) is 0.358. The Morgan fingerprint density at radius 1 is 0.917 bits per heavy atom. The van der Waals surface area contributed by atoms with Gasteiger partial charge in [0.15, 0.2) is 11.5 Å². The number of likely N-dealkylation sites (N-methyl/N-ethyl adjacent to an activating group) is 1. The largest absolute Gasteiger partial charge is 0.493 e. The van der Waals surface area contributed by atoms with Crippen LogP contribution >= 0.6 is 11.6 Å². The average molecular weight is 533 g/mol. The van der Waals surface area contributed by atoms with Gasteiger partial charge in [-0.15, -0.1) is 0 Å². The second-order valence-corrected chi connectivity index (χ2v) is 10.1. The van der Waals surface area contributed by atoms with Crippen molar-refractivity contribution < 1.29 is 27.4 Å². The van der Waals surface area contributed by atoms with Crippen molar-refractivity contribution in [2.24, 2.45) is 0 Å². The number of benzene rings is 3. The molecule has 0 radical (unpaired) electrons. The second-order valence-electron chi connectivity index (χ2n) is 7.81. The van der Waals surface area contributed by atoms with Crippen LogP contribution in [-0.2, 0) is 21.4 Å². The van der Waals surface area contributed by atoms with Gasteiger partial charge in [-0.3, -0.25) is 9.10 Å². The van der Waals surface area contributed by atoms with Crippen molar-refractivity contribution in [3.05, 3.63) is 77.3 Å². The molecule has 3 aromatic carbocycles. The highest BCUT2D eigenvalue weighted by Gasteiger charge is 2.30. The number of methoxy groups -OCH3 is 2. The summed E-state index contributed by atoms with van der Waals surface area (Å²) in [5.74, 6) is 1.05. The van der Waals surface area contributed by atoms with E-state index in [0.717, 1.165) is 9.87 Å². The van der Waals surface area contributed by atoms with Crippen LogP contribution in [0.2, 0.25) is 5.02 Å². The lowest BCUT2D eigenvalue weighted by molar-refractivity contribution is -0.128. The van der Waals surface area contributed by atoms with Gasteiger partial charge in [0.1, 0.15) is 12.3 Å². The van der Waals surface area contributed by atoms with Crippen molar-refractivity contribution in [2.75, 3.05) is 38.7 Å². The van der Waals surface area contributed by atoms with Crippen LogP contribution in [0.5, 0.6) is 17.2 Å². The molecule has 0 atom stereocenters. The number of anilines is 1. The zero-order valence-electron chi connectivity index (χ0n) is 20.6. The van der Waals surface area contributed by atoms with E-state index in [1.165, 1.54) is 36.3 Å². The van der Waals surface area contributed by atoms with Gasteiger partial charge in [0.05, 0.1) is 31.4 Å². The van der Waals surface area contributed by atoms with Gasteiger partial charge in [0, 0.05) is 18.6 Å². The highest BCUT2D eigenvalue weighted by Crippen LogP contribution is 2.33. The lowest BCUT2D eigenvalue weighted by Crippen LogP contribution is -2.41. The fraction of sp³-hybridized carbons (Fsp3) is 0.269. The molecule has 3 rings (SSSR count). The first-order valence-corrected chi connectivity index (χ1v) is 13.0. The van der Waals surface area contributed by atoms with E-state index < -0.39 is 22.5 Å². The van der Waals surface area contributed by atoms with Gasteiger partial charge in [-0.2, -0.15) is 0 Å². The third kappa shape index (κ3) is 6.22. The molecule has 1 amide bonds. The van der Waals surface area contributed by atoms with Crippen LogP contribution in [0.1, 0.15) is 12.5 Å². The molecule has 0 aliphatic rings. The average Bonchev–Trinajstić information content (AvgIpc) is 2.87. The Kier molecular flexibility index (Phi) is 9.06. The number of ether oxygens (including phenoxy) is 3. The molecule has 0 saturated heterocycles.